The molecule has 1 aromatic heterocycles. The van der Waals surface area contributed by atoms with E-state index in [1.54, 1.807) is 18.3 Å². The minimum atomic E-state index is -0.873. The molecule has 5 fully saturated rings. The van der Waals surface area contributed by atoms with E-state index in [0.29, 0.717) is 75.6 Å². The van der Waals surface area contributed by atoms with E-state index in [9.17, 15) is 24.3 Å². The third-order valence-corrected chi connectivity index (χ3v) is 12.7. The van der Waals surface area contributed by atoms with Gasteiger partial charge < -0.3 is 24.5 Å². The molecule has 4 amide bonds. The number of anilines is 1. The van der Waals surface area contributed by atoms with Crippen molar-refractivity contribution in [3.8, 4) is 17.0 Å². The first-order chi connectivity index (χ1) is 27.2. The summed E-state index contributed by atoms with van der Waals surface area (Å²) in [6.45, 7) is 4.67. The number of hydrogen-bond donors (Lipinski definition) is 2. The SMILES string of the molecule is CN(C(=O)C1(OC2CC2)CCN(c2cnnc(-c3ccccc3O)c2)CC1)C1CCN(C(=O)CN2CCC(c3ccc([C@@H]4CCC(=O)NC4=O)cc3)CC2)CC1. The smallest absolute Gasteiger partial charge is 0.254 e. The molecule has 3 aromatic rings. The van der Waals surface area contributed by atoms with Gasteiger partial charge in [0, 0.05) is 64.1 Å². The summed E-state index contributed by atoms with van der Waals surface area (Å²) in [5.74, 6) is 0.0914. The van der Waals surface area contributed by atoms with Gasteiger partial charge in [-0.05, 0) is 93.3 Å². The molecule has 0 bridgehead atoms. The fourth-order valence-corrected chi connectivity index (χ4v) is 9.08. The molecule has 8 rings (SSSR count). The van der Waals surface area contributed by atoms with Crippen molar-refractivity contribution >= 4 is 29.3 Å². The Kier molecular flexibility index (Phi) is 11.1. The van der Waals surface area contributed by atoms with Crippen molar-refractivity contribution in [2.24, 2.45) is 0 Å². The number of likely N-dealkylation sites (tertiary alicyclic amines) is 2. The van der Waals surface area contributed by atoms with Gasteiger partial charge in [-0.3, -0.25) is 29.4 Å². The third-order valence-electron chi connectivity index (χ3n) is 12.7. The number of phenolic OH excluding ortho intramolecular Hbond substituents is 1. The van der Waals surface area contributed by atoms with Gasteiger partial charge in [-0.2, -0.15) is 10.2 Å². The molecular formula is C43H53N7O6. The average Bonchev–Trinajstić information content (AvgIpc) is 4.05. The van der Waals surface area contributed by atoms with Gasteiger partial charge >= 0.3 is 0 Å². The number of aromatic hydroxyl groups is 1. The maximum absolute atomic E-state index is 14.3. The molecular weight excluding hydrogens is 711 g/mol. The minimum absolute atomic E-state index is 0.0464. The summed E-state index contributed by atoms with van der Waals surface area (Å²) in [4.78, 5) is 60.0. The standard InChI is InChI=1S/C43H53N7O6/c1-47(42(55)43(56-34-10-11-34)18-24-49(25-19-43)33-26-37(46-44-27-33)36-4-2-3-5-38(36)51)32-16-22-50(23-17-32)40(53)28-48-20-14-30(15-21-48)29-6-8-31(9-7-29)35-12-13-39(52)45-41(35)54/h2-9,26-27,30,32,34-35,51H,10-25,28H2,1H3,(H,45,52,54)/t35-/m0/s1. The van der Waals surface area contributed by atoms with Crippen LogP contribution in [0.25, 0.3) is 11.3 Å². The molecule has 5 heterocycles. The molecule has 56 heavy (non-hydrogen) atoms. The highest BCUT2D eigenvalue weighted by atomic mass is 16.5. The lowest BCUT2D eigenvalue weighted by Crippen LogP contribution is -2.59. The molecule has 2 N–H and O–H groups in total. The number of carbonyl (C=O) groups is 4. The van der Waals surface area contributed by atoms with E-state index in [1.165, 1.54) is 5.56 Å². The van der Waals surface area contributed by atoms with Gasteiger partial charge in [0.15, 0.2) is 5.60 Å². The van der Waals surface area contributed by atoms with E-state index >= 15 is 0 Å². The maximum Gasteiger partial charge on any atom is 0.254 e. The first-order valence-electron chi connectivity index (χ1n) is 20.4. The zero-order valence-corrected chi connectivity index (χ0v) is 32.3. The van der Waals surface area contributed by atoms with Crippen molar-refractivity contribution < 1.29 is 29.0 Å². The summed E-state index contributed by atoms with van der Waals surface area (Å²) in [6, 6.07) is 17.4. The van der Waals surface area contributed by atoms with Crippen molar-refractivity contribution in [1.29, 1.82) is 0 Å². The lowest BCUT2D eigenvalue weighted by atomic mass is 9.86. The molecule has 13 heteroatoms. The van der Waals surface area contributed by atoms with Gasteiger partial charge in [-0.1, -0.05) is 36.4 Å². The summed E-state index contributed by atoms with van der Waals surface area (Å²) in [5.41, 5.74) is 3.47. The zero-order chi connectivity index (χ0) is 38.8. The van der Waals surface area contributed by atoms with Crippen molar-refractivity contribution in [2.45, 2.75) is 93.8 Å². The molecule has 5 aliphatic rings. The van der Waals surface area contributed by atoms with Crippen LogP contribution >= 0.6 is 0 Å². The number of phenols is 1. The summed E-state index contributed by atoms with van der Waals surface area (Å²) in [5, 5.41) is 21.3. The Morgan fingerprint density at radius 1 is 0.893 bits per heavy atom. The van der Waals surface area contributed by atoms with Crippen LogP contribution in [-0.4, -0.2) is 124 Å². The minimum Gasteiger partial charge on any atom is -0.507 e. The number of aromatic nitrogens is 2. The van der Waals surface area contributed by atoms with E-state index < -0.39 is 5.60 Å². The largest absolute Gasteiger partial charge is 0.507 e. The molecule has 1 aliphatic carbocycles. The summed E-state index contributed by atoms with van der Waals surface area (Å²) in [6.07, 6.45) is 9.34. The fraction of sp³-hybridized carbons (Fsp3) is 0.535. The second-order valence-electron chi connectivity index (χ2n) is 16.4. The monoisotopic (exact) mass is 763 g/mol. The van der Waals surface area contributed by atoms with E-state index in [0.717, 1.165) is 62.9 Å². The van der Waals surface area contributed by atoms with Crippen LogP contribution in [0.3, 0.4) is 0 Å². The number of benzene rings is 2. The highest BCUT2D eigenvalue weighted by Crippen LogP contribution is 2.39. The number of amides is 4. The van der Waals surface area contributed by atoms with Crippen molar-refractivity contribution in [3.05, 3.63) is 71.9 Å². The molecule has 296 valence electrons. The number of nitrogens with one attached hydrogen (secondary N) is 1. The zero-order valence-electron chi connectivity index (χ0n) is 32.3. The summed E-state index contributed by atoms with van der Waals surface area (Å²) >= 11 is 0. The summed E-state index contributed by atoms with van der Waals surface area (Å²) in [7, 11) is 1.91. The Bertz CT molecular complexity index is 1910. The van der Waals surface area contributed by atoms with Crippen molar-refractivity contribution in [1.82, 2.24) is 30.2 Å². The Morgan fingerprint density at radius 3 is 2.27 bits per heavy atom. The number of likely N-dealkylation sites (N-methyl/N-ethyl adjacent to an activating group) is 1. The third kappa shape index (κ3) is 8.29. The molecule has 0 unspecified atom stereocenters. The number of para-hydroxylation sites is 1. The van der Waals surface area contributed by atoms with Gasteiger partial charge in [-0.25, -0.2) is 0 Å². The first-order valence-corrected chi connectivity index (χ1v) is 20.4. The van der Waals surface area contributed by atoms with Gasteiger partial charge in [0.1, 0.15) is 5.75 Å². The van der Waals surface area contributed by atoms with E-state index in [2.05, 4.69) is 37.4 Å². The number of rotatable bonds is 10. The van der Waals surface area contributed by atoms with Gasteiger partial charge in [0.05, 0.1) is 36.1 Å². The van der Waals surface area contributed by atoms with E-state index in [1.807, 2.05) is 47.2 Å². The van der Waals surface area contributed by atoms with Crippen molar-refractivity contribution in [2.75, 3.05) is 57.8 Å². The second-order valence-corrected chi connectivity index (χ2v) is 16.4. The van der Waals surface area contributed by atoms with E-state index in [-0.39, 0.29) is 47.4 Å². The maximum atomic E-state index is 14.3. The van der Waals surface area contributed by atoms with Crippen LogP contribution in [0.5, 0.6) is 5.75 Å². The number of imide groups is 1. The van der Waals surface area contributed by atoms with E-state index in [4.69, 9.17) is 4.74 Å². The van der Waals surface area contributed by atoms with Gasteiger partial charge in [-0.15, -0.1) is 0 Å². The molecule has 4 saturated heterocycles. The molecule has 1 saturated carbocycles. The Hall–Kier alpha value is -4.88. The predicted octanol–water partition coefficient (Wildman–Crippen LogP) is 4.22. The first kappa shape index (κ1) is 38.0. The van der Waals surface area contributed by atoms with Crippen LogP contribution in [0.4, 0.5) is 5.69 Å². The Morgan fingerprint density at radius 2 is 1.59 bits per heavy atom. The average molecular weight is 764 g/mol. The highest BCUT2D eigenvalue weighted by molar-refractivity contribution is 6.00. The molecule has 4 aliphatic heterocycles. The van der Waals surface area contributed by atoms with Crippen LogP contribution < -0.4 is 10.2 Å². The van der Waals surface area contributed by atoms with Crippen LogP contribution in [0, 0.1) is 0 Å². The predicted molar refractivity (Wildman–Crippen MR) is 210 cm³/mol. The fourth-order valence-electron chi connectivity index (χ4n) is 9.08. The van der Waals surface area contributed by atoms with Crippen LogP contribution in [0.15, 0.2) is 60.8 Å². The lowest BCUT2D eigenvalue weighted by Gasteiger charge is -2.45. The quantitative estimate of drug-likeness (QED) is 0.288. The number of nitrogens with zero attached hydrogens (tertiary/aromatic N) is 6. The Balaban J connectivity index is 0.804. The number of piperidine rings is 4. The Labute approximate surface area is 328 Å². The van der Waals surface area contributed by atoms with Crippen LogP contribution in [-0.2, 0) is 23.9 Å². The molecule has 2 aromatic carbocycles. The number of ether oxygens (including phenoxy) is 1. The number of carbonyl (C=O) groups excluding carboxylic acids is 4. The lowest BCUT2D eigenvalue weighted by molar-refractivity contribution is -0.166. The molecule has 0 spiro atoms. The topological polar surface area (TPSA) is 149 Å². The van der Waals surface area contributed by atoms with Crippen LogP contribution in [0.2, 0.25) is 0 Å². The molecule has 1 atom stereocenters. The van der Waals surface area contributed by atoms with Gasteiger partial charge in [0.2, 0.25) is 17.7 Å². The number of hydrogen-bond acceptors (Lipinski definition) is 10. The second kappa shape index (κ2) is 16.3. The normalized spacial score (nSPS) is 22.5. The molecule has 0 radical (unpaired) electrons. The highest BCUT2D eigenvalue weighted by Gasteiger charge is 2.49. The van der Waals surface area contributed by atoms with Gasteiger partial charge in [0.25, 0.3) is 5.91 Å². The van der Waals surface area contributed by atoms with Crippen LogP contribution in [0.1, 0.15) is 87.2 Å². The van der Waals surface area contributed by atoms with Crippen molar-refractivity contribution in [3.63, 3.8) is 0 Å². The molecule has 13 nitrogen and oxygen atoms in total. The summed E-state index contributed by atoms with van der Waals surface area (Å²) < 4.78 is 6.60.